The van der Waals surface area contributed by atoms with Gasteiger partial charge in [0, 0.05) is 6.07 Å². The molecule has 0 radical (unpaired) electrons. The van der Waals surface area contributed by atoms with Gasteiger partial charge in [0.2, 0.25) is 0 Å². The van der Waals surface area contributed by atoms with E-state index in [1.54, 1.807) is 0 Å². The van der Waals surface area contributed by atoms with Gasteiger partial charge in [0.15, 0.2) is 11.6 Å². The summed E-state index contributed by atoms with van der Waals surface area (Å²) in [6, 6.07) is 1.60. The molecule has 4 heteroatoms. The van der Waals surface area contributed by atoms with Crippen LogP contribution in [0.1, 0.15) is 17.9 Å². The molecule has 1 aromatic rings. The highest BCUT2D eigenvalue weighted by Crippen LogP contribution is 2.48. The fraction of sp³-hybridized carbons (Fsp3) is 0.455. The Balaban J connectivity index is 2.20. The van der Waals surface area contributed by atoms with Gasteiger partial charge in [-0.1, -0.05) is 0 Å². The predicted molar refractivity (Wildman–Crippen MR) is 51.1 cm³/mol. The van der Waals surface area contributed by atoms with Crippen molar-refractivity contribution in [3.63, 3.8) is 0 Å². The zero-order valence-corrected chi connectivity index (χ0v) is 8.36. The van der Waals surface area contributed by atoms with Crippen LogP contribution in [0.3, 0.4) is 0 Å². The van der Waals surface area contributed by atoms with Crippen molar-refractivity contribution in [1.82, 2.24) is 5.32 Å². The van der Waals surface area contributed by atoms with Crippen molar-refractivity contribution in [2.24, 2.45) is 5.92 Å². The first kappa shape index (κ1) is 10.5. The van der Waals surface area contributed by atoms with Crippen LogP contribution < -0.4 is 5.32 Å². The zero-order chi connectivity index (χ0) is 11.0. The van der Waals surface area contributed by atoms with Gasteiger partial charge in [-0.05, 0) is 43.5 Å². The minimum absolute atomic E-state index is 0.0348. The first-order valence-corrected chi connectivity index (χ1v) is 4.92. The molecule has 82 valence electrons. The lowest BCUT2D eigenvalue weighted by Gasteiger charge is -2.03. The normalized spacial score (nSPS) is 24.3. The number of benzene rings is 1. The number of nitrogens with one attached hydrogen (secondary N) is 1. The minimum atomic E-state index is -1.12. The van der Waals surface area contributed by atoms with E-state index in [9.17, 15) is 13.2 Å². The van der Waals surface area contributed by atoms with Gasteiger partial charge in [-0.3, -0.25) is 0 Å². The SMILES string of the molecule is CNCC1CC1c1cc(F)c(F)cc1F. The monoisotopic (exact) mass is 215 g/mol. The maximum absolute atomic E-state index is 13.3. The third-order valence-corrected chi connectivity index (χ3v) is 2.83. The van der Waals surface area contributed by atoms with Crippen molar-refractivity contribution in [2.45, 2.75) is 12.3 Å². The summed E-state index contributed by atoms with van der Waals surface area (Å²) in [6.07, 6.45) is 0.836. The van der Waals surface area contributed by atoms with Crippen molar-refractivity contribution in [3.05, 3.63) is 35.1 Å². The molecule has 1 N–H and O–H groups in total. The summed E-state index contributed by atoms with van der Waals surface area (Å²) in [5.41, 5.74) is 0.300. The first-order chi connectivity index (χ1) is 7.13. The van der Waals surface area contributed by atoms with Gasteiger partial charge < -0.3 is 5.32 Å². The van der Waals surface area contributed by atoms with Gasteiger partial charge in [-0.2, -0.15) is 0 Å². The number of hydrogen-bond donors (Lipinski definition) is 1. The topological polar surface area (TPSA) is 12.0 Å². The largest absolute Gasteiger partial charge is 0.319 e. The molecule has 0 aromatic heterocycles. The summed E-state index contributed by atoms with van der Waals surface area (Å²) < 4.78 is 38.9. The van der Waals surface area contributed by atoms with Crippen LogP contribution in [0.4, 0.5) is 13.2 Å². The molecule has 1 nitrogen and oxygen atoms in total. The molecule has 0 heterocycles. The van der Waals surface area contributed by atoms with Crippen LogP contribution in [0.5, 0.6) is 0 Å². The Morgan fingerprint density at radius 2 is 1.87 bits per heavy atom. The standard InChI is InChI=1S/C11H12F3N/c1-15-5-6-2-7(6)8-3-10(13)11(14)4-9(8)12/h3-4,6-7,15H,2,5H2,1H3. The van der Waals surface area contributed by atoms with E-state index in [-0.39, 0.29) is 5.92 Å². The predicted octanol–water partition coefficient (Wildman–Crippen LogP) is 2.43. The lowest BCUT2D eigenvalue weighted by Crippen LogP contribution is -2.10. The highest BCUT2D eigenvalue weighted by atomic mass is 19.2. The van der Waals surface area contributed by atoms with E-state index in [2.05, 4.69) is 5.32 Å². The summed E-state index contributed by atoms with van der Waals surface area (Å²) in [5.74, 6) is -2.36. The van der Waals surface area contributed by atoms with Gasteiger partial charge >= 0.3 is 0 Å². The Hall–Kier alpha value is -1.03. The molecule has 2 rings (SSSR count). The van der Waals surface area contributed by atoms with E-state index in [1.165, 1.54) is 0 Å². The lowest BCUT2D eigenvalue weighted by atomic mass is 10.1. The molecule has 1 fully saturated rings. The molecule has 0 saturated heterocycles. The van der Waals surface area contributed by atoms with E-state index in [4.69, 9.17) is 0 Å². The zero-order valence-electron chi connectivity index (χ0n) is 8.36. The molecule has 2 atom stereocenters. The summed E-state index contributed by atoms with van der Waals surface area (Å²) in [5, 5.41) is 2.98. The summed E-state index contributed by atoms with van der Waals surface area (Å²) in [7, 11) is 1.82. The van der Waals surface area contributed by atoms with Gasteiger partial charge in [-0.15, -0.1) is 0 Å². The molecule has 15 heavy (non-hydrogen) atoms. The van der Waals surface area contributed by atoms with Gasteiger partial charge in [0.05, 0.1) is 0 Å². The van der Waals surface area contributed by atoms with Crippen molar-refractivity contribution >= 4 is 0 Å². The average molecular weight is 215 g/mol. The van der Waals surface area contributed by atoms with E-state index in [0.29, 0.717) is 17.5 Å². The van der Waals surface area contributed by atoms with Crippen LogP contribution in [0.15, 0.2) is 12.1 Å². The summed E-state index contributed by atoms with van der Waals surface area (Å²) in [4.78, 5) is 0. The van der Waals surface area contributed by atoms with Crippen LogP contribution in [-0.4, -0.2) is 13.6 Å². The van der Waals surface area contributed by atoms with Gasteiger partial charge in [0.1, 0.15) is 5.82 Å². The molecular weight excluding hydrogens is 203 g/mol. The average Bonchev–Trinajstić information content (AvgIpc) is 2.91. The second-order valence-electron chi connectivity index (χ2n) is 3.95. The van der Waals surface area contributed by atoms with Crippen LogP contribution in [0.2, 0.25) is 0 Å². The van der Waals surface area contributed by atoms with Crippen LogP contribution in [0.25, 0.3) is 0 Å². The van der Waals surface area contributed by atoms with Gasteiger partial charge in [0.25, 0.3) is 0 Å². The summed E-state index contributed by atoms with van der Waals surface area (Å²) in [6.45, 7) is 0.781. The fourth-order valence-corrected chi connectivity index (χ4v) is 1.94. The van der Waals surface area contributed by atoms with Crippen LogP contribution in [-0.2, 0) is 0 Å². The fourth-order valence-electron chi connectivity index (χ4n) is 1.94. The summed E-state index contributed by atoms with van der Waals surface area (Å²) >= 11 is 0. The maximum atomic E-state index is 13.3. The molecule has 2 unspecified atom stereocenters. The smallest absolute Gasteiger partial charge is 0.161 e. The lowest BCUT2D eigenvalue weighted by molar-refractivity contribution is 0.489. The quantitative estimate of drug-likeness (QED) is 0.763. The van der Waals surface area contributed by atoms with Gasteiger partial charge in [-0.25, -0.2) is 13.2 Å². The number of hydrogen-bond acceptors (Lipinski definition) is 1. The number of rotatable bonds is 3. The molecule has 0 amide bonds. The Bertz CT molecular complexity index is 378. The third-order valence-electron chi connectivity index (χ3n) is 2.83. The molecule has 1 aliphatic carbocycles. The molecule has 1 aliphatic rings. The Kier molecular flexibility index (Phi) is 2.69. The molecule has 0 bridgehead atoms. The first-order valence-electron chi connectivity index (χ1n) is 4.92. The Labute approximate surface area is 86.3 Å². The minimum Gasteiger partial charge on any atom is -0.319 e. The second-order valence-corrected chi connectivity index (χ2v) is 3.95. The molecule has 0 aliphatic heterocycles. The van der Waals surface area contributed by atoms with E-state index < -0.39 is 17.5 Å². The third kappa shape index (κ3) is 2.00. The molecule has 1 saturated carbocycles. The Morgan fingerprint density at radius 1 is 1.20 bits per heavy atom. The number of halogens is 3. The van der Waals surface area contributed by atoms with E-state index in [0.717, 1.165) is 19.0 Å². The van der Waals surface area contributed by atoms with Crippen LogP contribution >= 0.6 is 0 Å². The highest BCUT2D eigenvalue weighted by Gasteiger charge is 2.39. The van der Waals surface area contributed by atoms with Crippen LogP contribution in [0, 0.1) is 23.4 Å². The van der Waals surface area contributed by atoms with Crippen molar-refractivity contribution < 1.29 is 13.2 Å². The van der Waals surface area contributed by atoms with Crippen molar-refractivity contribution in [3.8, 4) is 0 Å². The molecule has 0 spiro atoms. The molecular formula is C11H12F3N. The van der Waals surface area contributed by atoms with E-state index in [1.807, 2.05) is 7.05 Å². The highest BCUT2D eigenvalue weighted by molar-refractivity contribution is 5.29. The van der Waals surface area contributed by atoms with Crippen molar-refractivity contribution in [1.29, 1.82) is 0 Å². The second kappa shape index (κ2) is 3.85. The Morgan fingerprint density at radius 3 is 2.53 bits per heavy atom. The molecule has 1 aromatic carbocycles. The van der Waals surface area contributed by atoms with Crippen molar-refractivity contribution in [2.75, 3.05) is 13.6 Å². The maximum Gasteiger partial charge on any atom is 0.161 e. The van der Waals surface area contributed by atoms with E-state index >= 15 is 0 Å².